The van der Waals surface area contributed by atoms with Crippen LogP contribution in [0.15, 0.2) is 377 Å². The summed E-state index contributed by atoms with van der Waals surface area (Å²) in [6, 6.07) is 125. The second-order valence-electron chi connectivity index (χ2n) is 37.6. The molecule has 0 radical (unpaired) electrons. The van der Waals surface area contributed by atoms with Crippen LogP contribution in [-0.2, 0) is 55.1 Å². The molecule has 0 bridgehead atoms. The minimum atomic E-state index is 0.532. The van der Waals surface area contributed by atoms with Crippen LogP contribution in [0.1, 0.15) is 143 Å². The van der Waals surface area contributed by atoms with Gasteiger partial charge in [0.15, 0.2) is 36.7 Å². The Labute approximate surface area is 813 Å². The summed E-state index contributed by atoms with van der Waals surface area (Å²) in [6.45, 7) is 39.6. The number of hydrogen-bond acceptors (Lipinski definition) is 0. The molecule has 18 rings (SSSR count). The van der Waals surface area contributed by atoms with E-state index in [1.165, 1.54) is 223 Å². The van der Waals surface area contributed by atoms with Crippen LogP contribution in [0.2, 0.25) is 0 Å². The molecular weight excluding hydrogens is 1650 g/mol. The molecular formula is C130H140N6+6. The molecule has 136 heavy (non-hydrogen) atoms. The summed E-state index contributed by atoms with van der Waals surface area (Å²) < 4.78 is 13.2. The highest BCUT2D eigenvalue weighted by Crippen LogP contribution is 2.38. The zero-order chi connectivity index (χ0) is 97.0. The second kappa shape index (κ2) is 46.0. The van der Waals surface area contributed by atoms with Crippen LogP contribution >= 0.6 is 0 Å². The van der Waals surface area contributed by atoms with Crippen LogP contribution in [0.3, 0.4) is 0 Å². The summed E-state index contributed by atoms with van der Waals surface area (Å²) in [5.41, 5.74) is 52.0. The van der Waals surface area contributed by atoms with Gasteiger partial charge in [0.2, 0.25) is 34.2 Å². The average Bonchev–Trinajstić information content (AvgIpc) is 0.801. The highest BCUT2D eigenvalue weighted by Gasteiger charge is 2.22. The standard InChI is InChI=1S/C25H22N.C25H30N.C23H26N.C21H22N.C20H20N.C16H20N/c1-19-14-15-23(18-24(19)25-13-6-7-16-26(25)2)22-12-8-11-21(17-22)20-9-4-3-5-10-20;1-17(2)21-13-22(18(3)4)15-23(14-21)20-11-10-19(5)24(16-20)25-9-7-8-12-26(25)6;1-5-18-13-19(6-2)15-21(14-18)20-11-10-17(3)22(16-20)23-9-7-8-12-24(23)4;1-15-11-16(2)13-19(12-15)18-9-8-17(3)20(14-18)21-7-5-6-10-22(21)4;1-15-13-18(17-9-5-4-6-10-17)14-19(16(15)2)20-11-7-8-12-21(20)3;1-11-6-7-13(3)15(9-11)16-10-12(2)8-14(4)17(16)5/h3-18H,1-2H3;7-18H,1-6H3;7-16H,5-6H2,1-4H3;5-14H,1-4H3;4-14H,1-3H3;6-10H,1-5H3/q6*+1. The lowest BCUT2D eigenvalue weighted by molar-refractivity contribution is -0.666. The maximum atomic E-state index is 2.37. The summed E-state index contributed by atoms with van der Waals surface area (Å²) in [5.74, 6) is 1.06. The van der Waals surface area contributed by atoms with Crippen LogP contribution in [0.25, 0.3) is 134 Å². The summed E-state index contributed by atoms with van der Waals surface area (Å²) in [7, 11) is 12.6. The zero-order valence-electron chi connectivity index (χ0n) is 85.0. The van der Waals surface area contributed by atoms with Gasteiger partial charge in [-0.15, -0.1) is 0 Å². The quantitative estimate of drug-likeness (QED) is 0.0861. The van der Waals surface area contributed by atoms with E-state index in [9.17, 15) is 0 Å². The van der Waals surface area contributed by atoms with E-state index in [0.29, 0.717) is 11.8 Å². The summed E-state index contributed by atoms with van der Waals surface area (Å²) in [6.07, 6.45) is 12.7. The van der Waals surface area contributed by atoms with Crippen LogP contribution < -0.4 is 27.4 Å². The first kappa shape index (κ1) is 99.0. The minimum absolute atomic E-state index is 0.532. The van der Waals surface area contributed by atoms with Crippen molar-refractivity contribution in [1.29, 1.82) is 0 Å². The number of pyridine rings is 6. The van der Waals surface area contributed by atoms with Gasteiger partial charge in [-0.05, 0) is 307 Å². The van der Waals surface area contributed by atoms with Gasteiger partial charge in [-0.2, -0.15) is 4.57 Å². The fraction of sp³-hybridized carbons (Fsp3) is 0.215. The minimum Gasteiger partial charge on any atom is -0.201 e. The van der Waals surface area contributed by atoms with Crippen LogP contribution in [0.4, 0.5) is 0 Å². The molecule has 6 aromatic heterocycles. The van der Waals surface area contributed by atoms with Gasteiger partial charge in [-0.3, -0.25) is 0 Å². The number of benzene rings is 12. The van der Waals surface area contributed by atoms with Crippen molar-refractivity contribution < 1.29 is 27.4 Å². The van der Waals surface area contributed by atoms with Crippen molar-refractivity contribution >= 4 is 0 Å². The molecule has 0 amide bonds. The summed E-state index contributed by atoms with van der Waals surface area (Å²) in [5, 5.41) is 0. The molecule has 0 N–H and O–H groups in total. The predicted molar refractivity (Wildman–Crippen MR) is 575 cm³/mol. The molecule has 684 valence electrons. The molecule has 0 saturated carbocycles. The van der Waals surface area contributed by atoms with E-state index in [4.69, 9.17) is 0 Å². The Balaban J connectivity index is 0.000000139. The maximum Gasteiger partial charge on any atom is 0.212 e. The summed E-state index contributed by atoms with van der Waals surface area (Å²) in [4.78, 5) is 0. The second-order valence-corrected chi connectivity index (χ2v) is 37.6. The molecule has 0 aliphatic rings. The molecule has 6 nitrogen and oxygen atoms in total. The SMILES string of the molecule is CCc1cc(CC)cc(-c2ccc(C)c(-c3cccc[n+]3C)c2)c1.Cc1cc(-c2ccccc2)cc(-c2cccc[n+]2C)c1C.Cc1cc(C)cc(-c2ccc(C)c(-c3cccc[n+]3C)c2)c1.Cc1ccc(-c2cc(C(C)C)cc(C(C)C)c2)cc1-c1cccc[n+]1C.Cc1ccc(-c2cccc(-c3ccccc3)c2)cc1-c1cccc[n+]1C.Cc1ccc(C)c(-c2cc(C)cc(C)[n+]2C)c1. The molecule has 6 heterocycles. The van der Waals surface area contributed by atoms with E-state index in [2.05, 4.69) is 571 Å². The molecule has 18 aromatic rings. The van der Waals surface area contributed by atoms with Crippen molar-refractivity contribution in [3.05, 3.63) is 466 Å². The monoisotopic (exact) mass is 1790 g/mol. The van der Waals surface area contributed by atoms with E-state index in [0.717, 1.165) is 12.8 Å². The van der Waals surface area contributed by atoms with Crippen molar-refractivity contribution in [3.63, 3.8) is 0 Å². The third-order valence-corrected chi connectivity index (χ3v) is 26.4. The van der Waals surface area contributed by atoms with Crippen molar-refractivity contribution in [3.8, 4) is 134 Å². The van der Waals surface area contributed by atoms with Gasteiger partial charge in [0, 0.05) is 113 Å². The van der Waals surface area contributed by atoms with Gasteiger partial charge in [-0.1, -0.05) is 258 Å². The van der Waals surface area contributed by atoms with E-state index in [-0.39, 0.29) is 0 Å². The maximum absolute atomic E-state index is 2.37. The molecule has 0 aliphatic carbocycles. The van der Waals surface area contributed by atoms with Crippen molar-refractivity contribution in [2.75, 3.05) is 0 Å². The number of hydrogen-bond donors (Lipinski definition) is 0. The Hall–Kier alpha value is -14.5. The molecule has 0 spiro atoms. The number of aryl methyl sites for hydroxylation is 18. The van der Waals surface area contributed by atoms with Gasteiger partial charge in [0.05, 0.1) is 0 Å². The van der Waals surface area contributed by atoms with E-state index >= 15 is 0 Å². The summed E-state index contributed by atoms with van der Waals surface area (Å²) >= 11 is 0. The van der Waals surface area contributed by atoms with Gasteiger partial charge in [0.25, 0.3) is 0 Å². The van der Waals surface area contributed by atoms with Gasteiger partial charge >= 0.3 is 0 Å². The normalized spacial score (nSPS) is 10.8. The van der Waals surface area contributed by atoms with Crippen molar-refractivity contribution in [2.45, 2.75) is 149 Å². The number of nitrogens with zero attached hydrogens (tertiary/aromatic N) is 6. The van der Waals surface area contributed by atoms with Gasteiger partial charge < -0.3 is 0 Å². The fourth-order valence-corrected chi connectivity index (χ4v) is 18.0. The Morgan fingerprint density at radius 2 is 0.500 bits per heavy atom. The molecule has 0 saturated heterocycles. The largest absolute Gasteiger partial charge is 0.212 e. The third-order valence-electron chi connectivity index (χ3n) is 26.4. The molecule has 0 fully saturated rings. The van der Waals surface area contributed by atoms with Crippen LogP contribution in [-0.4, -0.2) is 0 Å². The lowest BCUT2D eigenvalue weighted by atomic mass is 9.89. The zero-order valence-corrected chi connectivity index (χ0v) is 85.0. The Morgan fingerprint density at radius 1 is 0.199 bits per heavy atom. The molecule has 0 unspecified atom stereocenters. The highest BCUT2D eigenvalue weighted by molar-refractivity contribution is 5.81. The topological polar surface area (TPSA) is 23.3 Å². The Bertz CT molecular complexity index is 7140. The molecule has 0 aliphatic heterocycles. The average molecular weight is 1790 g/mol. The van der Waals surface area contributed by atoms with Crippen molar-refractivity contribution in [2.24, 2.45) is 42.3 Å². The number of rotatable bonds is 16. The van der Waals surface area contributed by atoms with Crippen LogP contribution in [0, 0.1) is 83.1 Å². The first-order valence-electron chi connectivity index (χ1n) is 48.3. The highest BCUT2D eigenvalue weighted by atomic mass is 15.0. The predicted octanol–water partition coefficient (Wildman–Crippen LogP) is 30.1. The first-order valence-corrected chi connectivity index (χ1v) is 48.3. The smallest absolute Gasteiger partial charge is 0.201 e. The number of aromatic nitrogens is 6. The lowest BCUT2D eigenvalue weighted by Gasteiger charge is -2.15. The Kier molecular flexibility index (Phi) is 33.5. The van der Waals surface area contributed by atoms with Crippen LogP contribution in [0.5, 0.6) is 0 Å². The van der Waals surface area contributed by atoms with Gasteiger partial charge in [-0.25, -0.2) is 22.8 Å². The Morgan fingerprint density at radius 3 is 0.882 bits per heavy atom. The van der Waals surface area contributed by atoms with E-state index in [1.807, 2.05) is 0 Å². The van der Waals surface area contributed by atoms with Gasteiger partial charge in [0.1, 0.15) is 42.3 Å². The van der Waals surface area contributed by atoms with E-state index < -0.39 is 0 Å². The lowest BCUT2D eigenvalue weighted by Crippen LogP contribution is -2.35. The van der Waals surface area contributed by atoms with Crippen molar-refractivity contribution in [1.82, 2.24) is 0 Å². The molecule has 12 aromatic carbocycles. The fourth-order valence-electron chi connectivity index (χ4n) is 18.0. The first-order chi connectivity index (χ1) is 65.4. The molecule has 0 atom stereocenters. The van der Waals surface area contributed by atoms with E-state index in [1.54, 1.807) is 0 Å². The third kappa shape index (κ3) is 24.9. The molecule has 6 heteroatoms.